The molecule has 0 bridgehead atoms. The molecular weight excluding hydrogens is 426 g/mol. The van der Waals surface area contributed by atoms with E-state index in [0.29, 0.717) is 0 Å². The lowest BCUT2D eigenvalue weighted by molar-refractivity contribution is 0.271. The fourth-order valence-electron chi connectivity index (χ4n) is 5.86. The van der Waals surface area contributed by atoms with Gasteiger partial charge in [0.05, 0.1) is 0 Å². The third kappa shape index (κ3) is 3.62. The Kier molecular flexibility index (Phi) is 5.58. The normalized spacial score (nSPS) is 12.1. The molecule has 0 aliphatic rings. The van der Waals surface area contributed by atoms with Crippen molar-refractivity contribution in [2.75, 3.05) is 6.54 Å². The van der Waals surface area contributed by atoms with Crippen LogP contribution in [0.2, 0.25) is 0 Å². The monoisotopic (exact) mass is 459 g/mol. The standard InChI is InChI=1S/C32H33N3/c1-4-33(21-23-15-17-27-25-11-7-9-13-29(25)34(5-2)31(27)19-23)22-24-16-18-28-26-12-8-10-14-30(26)35(6-3)32(28)20-24/h7-20H,4-6,21-22H2,1-3H3. The van der Waals surface area contributed by atoms with Crippen molar-refractivity contribution in [1.29, 1.82) is 0 Å². The molecule has 0 spiro atoms. The van der Waals surface area contributed by atoms with E-state index in [4.69, 9.17) is 0 Å². The summed E-state index contributed by atoms with van der Waals surface area (Å²) in [5.74, 6) is 0. The fourth-order valence-corrected chi connectivity index (χ4v) is 5.86. The molecule has 6 rings (SSSR count). The highest BCUT2D eigenvalue weighted by Crippen LogP contribution is 2.31. The van der Waals surface area contributed by atoms with Gasteiger partial charge in [-0.05, 0) is 55.8 Å². The average Bonchev–Trinajstić information content (AvgIpc) is 3.39. The van der Waals surface area contributed by atoms with E-state index in [9.17, 15) is 0 Å². The van der Waals surface area contributed by atoms with Crippen LogP contribution in [0, 0.1) is 0 Å². The molecule has 0 aliphatic carbocycles. The van der Waals surface area contributed by atoms with E-state index >= 15 is 0 Å². The van der Waals surface area contributed by atoms with Crippen molar-refractivity contribution in [2.45, 2.75) is 47.0 Å². The first kappa shape index (κ1) is 21.9. The number of nitrogens with zero attached hydrogens (tertiary/aromatic N) is 3. The van der Waals surface area contributed by atoms with Crippen LogP contribution >= 0.6 is 0 Å². The Morgan fingerprint density at radius 2 is 0.943 bits per heavy atom. The van der Waals surface area contributed by atoms with E-state index in [0.717, 1.165) is 32.7 Å². The lowest BCUT2D eigenvalue weighted by atomic mass is 10.1. The summed E-state index contributed by atoms with van der Waals surface area (Å²) in [6.45, 7) is 11.6. The lowest BCUT2D eigenvalue weighted by Crippen LogP contribution is -2.22. The predicted molar refractivity (Wildman–Crippen MR) is 150 cm³/mol. The van der Waals surface area contributed by atoms with Crippen LogP contribution < -0.4 is 0 Å². The van der Waals surface area contributed by atoms with E-state index in [-0.39, 0.29) is 0 Å². The quantitative estimate of drug-likeness (QED) is 0.236. The molecular formula is C32H33N3. The van der Waals surface area contributed by atoms with Crippen LogP contribution in [-0.4, -0.2) is 20.6 Å². The molecule has 0 aliphatic heterocycles. The van der Waals surface area contributed by atoms with Gasteiger partial charge in [-0.1, -0.05) is 67.6 Å². The van der Waals surface area contributed by atoms with Gasteiger partial charge in [-0.15, -0.1) is 0 Å². The first-order valence-electron chi connectivity index (χ1n) is 12.9. The van der Waals surface area contributed by atoms with E-state index in [2.05, 4.69) is 120 Å². The van der Waals surface area contributed by atoms with Crippen LogP contribution in [0.3, 0.4) is 0 Å². The van der Waals surface area contributed by atoms with E-state index in [1.807, 2.05) is 0 Å². The van der Waals surface area contributed by atoms with Crippen LogP contribution in [0.5, 0.6) is 0 Å². The number of rotatable bonds is 7. The molecule has 3 heteroatoms. The van der Waals surface area contributed by atoms with Gasteiger partial charge in [0.2, 0.25) is 0 Å². The van der Waals surface area contributed by atoms with Crippen LogP contribution in [-0.2, 0) is 26.2 Å². The van der Waals surface area contributed by atoms with Gasteiger partial charge in [0.1, 0.15) is 0 Å². The topological polar surface area (TPSA) is 13.1 Å². The van der Waals surface area contributed by atoms with Gasteiger partial charge in [-0.3, -0.25) is 4.90 Å². The van der Waals surface area contributed by atoms with Crippen LogP contribution in [0.1, 0.15) is 31.9 Å². The Bertz CT molecular complexity index is 1540. The Morgan fingerprint density at radius 1 is 0.514 bits per heavy atom. The molecule has 0 saturated heterocycles. The molecule has 0 amide bonds. The van der Waals surface area contributed by atoms with Crippen molar-refractivity contribution in [3.8, 4) is 0 Å². The Hall–Kier alpha value is -3.56. The van der Waals surface area contributed by atoms with Crippen molar-refractivity contribution in [1.82, 2.24) is 14.0 Å². The molecule has 0 atom stereocenters. The molecule has 2 aromatic heterocycles. The van der Waals surface area contributed by atoms with Crippen molar-refractivity contribution >= 4 is 43.6 Å². The van der Waals surface area contributed by atoms with Gasteiger partial charge in [0.25, 0.3) is 0 Å². The number of benzene rings is 4. The zero-order valence-electron chi connectivity index (χ0n) is 21.0. The molecule has 0 unspecified atom stereocenters. The van der Waals surface area contributed by atoms with Crippen molar-refractivity contribution in [3.63, 3.8) is 0 Å². The highest BCUT2D eigenvalue weighted by atomic mass is 15.1. The molecule has 3 nitrogen and oxygen atoms in total. The summed E-state index contributed by atoms with van der Waals surface area (Å²) in [6.07, 6.45) is 0. The second-order valence-corrected chi connectivity index (χ2v) is 9.53. The lowest BCUT2D eigenvalue weighted by Gasteiger charge is -2.21. The summed E-state index contributed by atoms with van der Waals surface area (Å²) in [4.78, 5) is 2.54. The minimum atomic E-state index is 0.951. The molecule has 35 heavy (non-hydrogen) atoms. The van der Waals surface area contributed by atoms with E-state index < -0.39 is 0 Å². The maximum atomic E-state index is 2.54. The van der Waals surface area contributed by atoms with Gasteiger partial charge >= 0.3 is 0 Å². The number of aromatic nitrogens is 2. The molecule has 0 fully saturated rings. The maximum Gasteiger partial charge on any atom is 0.0494 e. The summed E-state index contributed by atoms with van der Waals surface area (Å²) in [7, 11) is 0. The molecule has 0 saturated carbocycles. The Morgan fingerprint density at radius 3 is 1.37 bits per heavy atom. The predicted octanol–water partition coefficient (Wildman–Crippen LogP) is 7.96. The minimum absolute atomic E-state index is 0.951. The number of hydrogen-bond acceptors (Lipinski definition) is 1. The van der Waals surface area contributed by atoms with Gasteiger partial charge in [0.15, 0.2) is 0 Å². The first-order valence-corrected chi connectivity index (χ1v) is 12.9. The summed E-state index contributed by atoms with van der Waals surface area (Å²) in [5.41, 5.74) is 8.09. The Labute approximate surface area is 207 Å². The molecule has 176 valence electrons. The average molecular weight is 460 g/mol. The van der Waals surface area contributed by atoms with Crippen molar-refractivity contribution in [2.24, 2.45) is 0 Å². The second-order valence-electron chi connectivity index (χ2n) is 9.53. The molecule has 2 heterocycles. The highest BCUT2D eigenvalue weighted by molar-refractivity contribution is 6.09. The summed E-state index contributed by atoms with van der Waals surface area (Å²) in [6, 6.07) is 31.6. The van der Waals surface area contributed by atoms with Gasteiger partial charge < -0.3 is 9.13 Å². The summed E-state index contributed by atoms with van der Waals surface area (Å²) >= 11 is 0. The number of hydrogen-bond donors (Lipinski definition) is 0. The zero-order valence-corrected chi connectivity index (χ0v) is 21.0. The molecule has 4 aromatic carbocycles. The van der Waals surface area contributed by atoms with E-state index in [1.165, 1.54) is 54.7 Å². The minimum Gasteiger partial charge on any atom is -0.341 e. The number of fused-ring (bicyclic) bond motifs is 6. The molecule has 6 aromatic rings. The molecule has 0 radical (unpaired) electrons. The second kappa shape index (κ2) is 8.90. The number of para-hydroxylation sites is 2. The first-order chi connectivity index (χ1) is 17.2. The van der Waals surface area contributed by atoms with E-state index in [1.54, 1.807) is 0 Å². The van der Waals surface area contributed by atoms with Gasteiger partial charge in [0, 0.05) is 69.8 Å². The summed E-state index contributed by atoms with van der Waals surface area (Å²) in [5, 5.41) is 5.41. The fraction of sp³-hybridized carbons (Fsp3) is 0.250. The third-order valence-corrected chi connectivity index (χ3v) is 7.57. The van der Waals surface area contributed by atoms with Crippen LogP contribution in [0.4, 0.5) is 0 Å². The SMILES string of the molecule is CCN(Cc1ccc2c3ccccc3n(CC)c2c1)Cc1ccc2c3ccccc3n(CC)c2c1. The Balaban J connectivity index is 1.32. The van der Waals surface area contributed by atoms with Gasteiger partial charge in [-0.25, -0.2) is 0 Å². The zero-order chi connectivity index (χ0) is 23.9. The molecule has 0 N–H and O–H groups in total. The third-order valence-electron chi connectivity index (χ3n) is 7.57. The van der Waals surface area contributed by atoms with Crippen molar-refractivity contribution in [3.05, 3.63) is 96.1 Å². The van der Waals surface area contributed by atoms with Crippen molar-refractivity contribution < 1.29 is 0 Å². The highest BCUT2D eigenvalue weighted by Gasteiger charge is 2.13. The largest absolute Gasteiger partial charge is 0.341 e. The van der Waals surface area contributed by atoms with Crippen LogP contribution in [0.25, 0.3) is 43.6 Å². The van der Waals surface area contributed by atoms with Gasteiger partial charge in [-0.2, -0.15) is 0 Å². The smallest absolute Gasteiger partial charge is 0.0494 e. The maximum absolute atomic E-state index is 2.54. The van der Waals surface area contributed by atoms with Crippen LogP contribution in [0.15, 0.2) is 84.9 Å². The number of aryl methyl sites for hydroxylation is 2. The summed E-state index contributed by atoms with van der Waals surface area (Å²) < 4.78 is 4.89.